The molecule has 0 unspecified atom stereocenters. The number of fused-ring (bicyclic) bond motifs is 1. The van der Waals surface area contributed by atoms with Crippen LogP contribution in [0.2, 0.25) is 0 Å². The molecule has 0 spiro atoms. The molecule has 38 heavy (non-hydrogen) atoms. The molecule has 0 N–H and O–H groups in total. The zero-order valence-electron chi connectivity index (χ0n) is 21.0. The lowest BCUT2D eigenvalue weighted by molar-refractivity contribution is -0.138. The van der Waals surface area contributed by atoms with Gasteiger partial charge in [-0.05, 0) is 69.5 Å². The molecule has 1 aliphatic rings. The maximum Gasteiger partial charge on any atom is 0.419 e. The Bertz CT molecular complexity index is 1480. The van der Waals surface area contributed by atoms with Crippen molar-refractivity contribution in [2.75, 3.05) is 19.7 Å². The molecule has 0 bridgehead atoms. The van der Waals surface area contributed by atoms with Crippen molar-refractivity contribution in [1.29, 1.82) is 5.26 Å². The van der Waals surface area contributed by atoms with Gasteiger partial charge in [0, 0.05) is 18.7 Å². The number of rotatable bonds is 7. The average molecular weight is 526 g/mol. The zero-order chi connectivity index (χ0) is 26.9. The second-order valence-electron chi connectivity index (χ2n) is 9.55. The predicted octanol–water partition coefficient (Wildman–Crippen LogP) is 4.90. The van der Waals surface area contributed by atoms with Crippen molar-refractivity contribution in [3.05, 3.63) is 53.0 Å². The summed E-state index contributed by atoms with van der Waals surface area (Å²) in [7, 11) is 1.64. The largest absolute Gasteiger partial charge is 0.493 e. The molecule has 4 heterocycles. The molecular weight excluding hydrogens is 499 g/mol. The highest BCUT2D eigenvalue weighted by atomic mass is 19.4. The first-order valence-corrected chi connectivity index (χ1v) is 12.3. The molecule has 1 fully saturated rings. The highest BCUT2D eigenvalue weighted by Gasteiger charge is 2.35. The highest BCUT2D eigenvalue weighted by Crippen LogP contribution is 2.39. The Kier molecular flexibility index (Phi) is 7.03. The van der Waals surface area contributed by atoms with E-state index in [1.807, 2.05) is 19.1 Å². The third-order valence-electron chi connectivity index (χ3n) is 6.83. The number of hydrogen-bond donors (Lipinski definition) is 0. The minimum atomic E-state index is -4.62. The molecule has 1 aliphatic heterocycles. The molecule has 12 heteroatoms. The van der Waals surface area contributed by atoms with Gasteiger partial charge >= 0.3 is 6.18 Å². The van der Waals surface area contributed by atoms with Crippen LogP contribution in [-0.4, -0.2) is 49.7 Å². The van der Waals surface area contributed by atoms with Crippen LogP contribution in [0.3, 0.4) is 0 Å². The van der Waals surface area contributed by atoms with E-state index in [0.717, 1.165) is 43.5 Å². The Labute approximate surface area is 216 Å². The van der Waals surface area contributed by atoms with E-state index in [1.54, 1.807) is 13.1 Å². The van der Waals surface area contributed by atoms with Gasteiger partial charge in [0.2, 0.25) is 0 Å². The third-order valence-corrected chi connectivity index (χ3v) is 6.83. The molecule has 0 atom stereocenters. The first-order valence-electron chi connectivity index (χ1n) is 12.3. The fourth-order valence-electron chi connectivity index (χ4n) is 4.77. The van der Waals surface area contributed by atoms with E-state index in [1.165, 1.54) is 16.8 Å². The lowest BCUT2D eigenvalue weighted by Gasteiger charge is -2.31. The third kappa shape index (κ3) is 5.47. The van der Waals surface area contributed by atoms with Gasteiger partial charge < -0.3 is 9.26 Å². The minimum absolute atomic E-state index is 0.00136. The van der Waals surface area contributed by atoms with Crippen molar-refractivity contribution in [3.8, 4) is 23.1 Å². The maximum absolute atomic E-state index is 14.0. The summed E-state index contributed by atoms with van der Waals surface area (Å²) in [6.45, 7) is 4.57. The fraction of sp³-hybridized carbons (Fsp3) is 0.423. The fourth-order valence-corrected chi connectivity index (χ4v) is 4.77. The zero-order valence-corrected chi connectivity index (χ0v) is 21.0. The molecule has 1 saturated heterocycles. The first-order chi connectivity index (χ1) is 18.2. The summed E-state index contributed by atoms with van der Waals surface area (Å²) in [5.74, 6) is 0.996. The number of aromatic nitrogens is 5. The molecule has 0 saturated carbocycles. The maximum atomic E-state index is 14.0. The number of hydrogen-bond acceptors (Lipinski definition) is 8. The second kappa shape index (κ2) is 10.4. The Hall–Kier alpha value is -3.98. The van der Waals surface area contributed by atoms with Crippen molar-refractivity contribution < 1.29 is 22.4 Å². The van der Waals surface area contributed by atoms with E-state index in [-0.39, 0.29) is 29.3 Å². The van der Waals surface area contributed by atoms with Crippen molar-refractivity contribution in [1.82, 2.24) is 30.0 Å². The van der Waals surface area contributed by atoms with Gasteiger partial charge in [0.25, 0.3) is 0 Å². The van der Waals surface area contributed by atoms with Gasteiger partial charge in [-0.2, -0.15) is 18.4 Å². The van der Waals surface area contributed by atoms with E-state index in [4.69, 9.17) is 9.26 Å². The molecule has 1 aromatic carbocycles. The number of piperidine rings is 1. The van der Waals surface area contributed by atoms with Crippen LogP contribution in [0.25, 0.3) is 22.3 Å². The molecule has 5 rings (SSSR count). The molecule has 9 nitrogen and oxygen atoms in total. The number of likely N-dealkylation sites (tertiary alicyclic amines) is 1. The number of nitrogens with zero attached hydrogens (tertiary/aromatic N) is 7. The summed E-state index contributed by atoms with van der Waals surface area (Å²) in [6.07, 6.45) is -2.06. The average Bonchev–Trinajstić information content (AvgIpc) is 3.48. The summed E-state index contributed by atoms with van der Waals surface area (Å²) < 4.78 is 54.3. The second-order valence-corrected chi connectivity index (χ2v) is 9.55. The summed E-state index contributed by atoms with van der Waals surface area (Å²) >= 11 is 0. The van der Waals surface area contributed by atoms with Crippen LogP contribution in [0.1, 0.15) is 42.0 Å². The van der Waals surface area contributed by atoms with Gasteiger partial charge in [-0.3, -0.25) is 4.90 Å². The van der Waals surface area contributed by atoms with E-state index in [2.05, 4.69) is 25.4 Å². The number of alkyl halides is 3. The molecule has 0 amide bonds. The predicted molar refractivity (Wildman–Crippen MR) is 131 cm³/mol. The van der Waals surface area contributed by atoms with Crippen molar-refractivity contribution in [2.24, 2.45) is 13.0 Å². The van der Waals surface area contributed by atoms with E-state index < -0.39 is 11.7 Å². The molecular formula is C26H26F3N7O2. The lowest BCUT2D eigenvalue weighted by atomic mass is 9.94. The highest BCUT2D eigenvalue weighted by molar-refractivity contribution is 5.83. The summed E-state index contributed by atoms with van der Waals surface area (Å²) in [5.41, 5.74) is 1.23. The van der Waals surface area contributed by atoms with Gasteiger partial charge in [0.05, 0.1) is 35.6 Å². The first kappa shape index (κ1) is 25.7. The molecule has 198 valence electrons. The van der Waals surface area contributed by atoms with Gasteiger partial charge in [0.1, 0.15) is 17.3 Å². The number of pyridine rings is 1. The summed E-state index contributed by atoms with van der Waals surface area (Å²) in [4.78, 5) is 6.51. The summed E-state index contributed by atoms with van der Waals surface area (Å²) in [5, 5.41) is 21.1. The monoisotopic (exact) mass is 525 g/mol. The Balaban J connectivity index is 1.25. The Morgan fingerprint density at radius 3 is 2.66 bits per heavy atom. The summed E-state index contributed by atoms with van der Waals surface area (Å²) in [6, 6.07) is 9.29. The standard InChI is InChI=1S/C26H26F3N7O2/c1-16-11-19(38-33-16)15-36-8-5-17(6-9-36)7-10-37-24-4-3-18(12-20(24)26(27,28)29)21-13-23-25(22(14-30)31-21)32-34-35(23)2/h3-4,11-13,17H,5-10,15H2,1-2H3. The number of aryl methyl sites for hydroxylation is 2. The Morgan fingerprint density at radius 1 is 1.18 bits per heavy atom. The normalized spacial score (nSPS) is 15.2. The van der Waals surface area contributed by atoms with Crippen molar-refractivity contribution in [3.63, 3.8) is 0 Å². The van der Waals surface area contributed by atoms with Crippen molar-refractivity contribution >= 4 is 11.0 Å². The minimum Gasteiger partial charge on any atom is -0.493 e. The van der Waals surface area contributed by atoms with Crippen LogP contribution in [-0.2, 0) is 19.8 Å². The lowest BCUT2D eigenvalue weighted by Crippen LogP contribution is -2.33. The van der Waals surface area contributed by atoms with Gasteiger partial charge in [0.15, 0.2) is 11.5 Å². The van der Waals surface area contributed by atoms with E-state index in [9.17, 15) is 18.4 Å². The van der Waals surface area contributed by atoms with Crippen LogP contribution >= 0.6 is 0 Å². The van der Waals surface area contributed by atoms with Gasteiger partial charge in [-0.15, -0.1) is 5.10 Å². The number of halogens is 3. The number of ether oxygens (including phenoxy) is 1. The van der Waals surface area contributed by atoms with E-state index >= 15 is 0 Å². The quantitative estimate of drug-likeness (QED) is 0.336. The smallest absolute Gasteiger partial charge is 0.419 e. The van der Waals surface area contributed by atoms with Crippen LogP contribution in [0, 0.1) is 24.2 Å². The van der Waals surface area contributed by atoms with Crippen LogP contribution in [0.5, 0.6) is 5.75 Å². The van der Waals surface area contributed by atoms with Crippen LogP contribution < -0.4 is 4.74 Å². The van der Waals surface area contributed by atoms with Gasteiger partial charge in [-0.1, -0.05) is 10.4 Å². The number of benzene rings is 1. The molecule has 0 radical (unpaired) electrons. The van der Waals surface area contributed by atoms with E-state index in [0.29, 0.717) is 29.9 Å². The topological polar surface area (TPSA) is 106 Å². The molecule has 4 aromatic rings. The van der Waals surface area contributed by atoms with Gasteiger partial charge in [-0.25, -0.2) is 9.67 Å². The molecule has 0 aliphatic carbocycles. The SMILES string of the molecule is Cc1cc(CN2CCC(CCOc3ccc(-c4cc5c(nnn5C)c(C#N)n4)cc3C(F)(F)F)CC2)on1. The van der Waals surface area contributed by atoms with Crippen LogP contribution in [0.4, 0.5) is 13.2 Å². The Morgan fingerprint density at radius 2 is 1.97 bits per heavy atom. The molecule has 3 aromatic heterocycles. The number of nitriles is 1. The van der Waals surface area contributed by atoms with Crippen LogP contribution in [0.15, 0.2) is 34.9 Å². The van der Waals surface area contributed by atoms with Crippen molar-refractivity contribution in [2.45, 2.75) is 38.9 Å².